The molecule has 4 heteroatoms. The minimum Gasteiger partial charge on any atom is -0.399 e. The Morgan fingerprint density at radius 1 is 1.28 bits per heavy atom. The smallest absolute Gasteiger partial charge is 0.201 e. The van der Waals surface area contributed by atoms with Crippen LogP contribution >= 0.6 is 0 Å². The zero-order valence-corrected chi connectivity index (χ0v) is 10.6. The number of nitrogen functional groups attached to an aromatic ring is 1. The molecule has 0 radical (unpaired) electrons. The van der Waals surface area contributed by atoms with E-state index in [1.165, 1.54) is 32.1 Å². The fourth-order valence-corrected chi connectivity index (χ4v) is 2.74. The average Bonchev–Trinajstić information content (AvgIpc) is 2.79. The summed E-state index contributed by atoms with van der Waals surface area (Å²) in [5, 5.41) is 3.42. The second-order valence-electron chi connectivity index (χ2n) is 5.25. The standard InChI is InChI=1S/C14H20N4/c15-11-6-7-12-13(8-11)18-14(17-12)16-9-10-4-2-1-3-5-10/h6-8,10H,1-5,9,15H2,(H2,16,17,18). The first kappa shape index (κ1) is 11.4. The molecule has 96 valence electrons. The zero-order chi connectivity index (χ0) is 12.4. The molecule has 1 aromatic heterocycles. The molecule has 0 atom stereocenters. The molecule has 4 N–H and O–H groups in total. The van der Waals surface area contributed by atoms with Crippen LogP contribution in [0.3, 0.4) is 0 Å². The van der Waals surface area contributed by atoms with Crippen molar-refractivity contribution in [2.24, 2.45) is 5.92 Å². The molecule has 0 unspecified atom stereocenters. The number of imidazole rings is 1. The predicted molar refractivity (Wildman–Crippen MR) is 75.6 cm³/mol. The van der Waals surface area contributed by atoms with Crippen LogP contribution in [0.15, 0.2) is 18.2 Å². The van der Waals surface area contributed by atoms with Gasteiger partial charge >= 0.3 is 0 Å². The number of aromatic nitrogens is 2. The Morgan fingerprint density at radius 2 is 2.11 bits per heavy atom. The van der Waals surface area contributed by atoms with Crippen molar-refractivity contribution in [1.29, 1.82) is 0 Å². The van der Waals surface area contributed by atoms with E-state index in [0.29, 0.717) is 0 Å². The fraction of sp³-hybridized carbons (Fsp3) is 0.500. The number of hydrogen-bond acceptors (Lipinski definition) is 3. The number of H-pyrrole nitrogens is 1. The Morgan fingerprint density at radius 3 is 2.94 bits per heavy atom. The van der Waals surface area contributed by atoms with Crippen molar-refractivity contribution in [2.75, 3.05) is 17.6 Å². The monoisotopic (exact) mass is 244 g/mol. The number of nitrogens with one attached hydrogen (secondary N) is 2. The first-order valence-electron chi connectivity index (χ1n) is 6.80. The summed E-state index contributed by atoms with van der Waals surface area (Å²) in [5.41, 5.74) is 8.49. The van der Waals surface area contributed by atoms with Crippen molar-refractivity contribution in [1.82, 2.24) is 9.97 Å². The highest BCUT2D eigenvalue weighted by Gasteiger charge is 2.13. The maximum absolute atomic E-state index is 5.76. The van der Waals surface area contributed by atoms with E-state index in [1.54, 1.807) is 0 Å². The third-order valence-corrected chi connectivity index (χ3v) is 3.79. The Labute approximate surface area is 107 Å². The Hall–Kier alpha value is -1.71. The normalized spacial score (nSPS) is 17.1. The van der Waals surface area contributed by atoms with Crippen molar-refractivity contribution >= 4 is 22.7 Å². The molecule has 2 aromatic rings. The molecule has 0 aliphatic heterocycles. The minimum atomic E-state index is 0.769. The fourth-order valence-electron chi connectivity index (χ4n) is 2.74. The number of hydrogen-bond donors (Lipinski definition) is 3. The van der Waals surface area contributed by atoms with Crippen LogP contribution in [-0.2, 0) is 0 Å². The van der Waals surface area contributed by atoms with E-state index in [4.69, 9.17) is 5.73 Å². The van der Waals surface area contributed by atoms with E-state index in [-0.39, 0.29) is 0 Å². The van der Waals surface area contributed by atoms with E-state index < -0.39 is 0 Å². The van der Waals surface area contributed by atoms with Gasteiger partial charge in [0.05, 0.1) is 11.0 Å². The van der Waals surface area contributed by atoms with Crippen LogP contribution in [0.25, 0.3) is 11.0 Å². The van der Waals surface area contributed by atoms with Gasteiger partial charge < -0.3 is 16.0 Å². The van der Waals surface area contributed by atoms with E-state index >= 15 is 0 Å². The zero-order valence-electron chi connectivity index (χ0n) is 10.6. The van der Waals surface area contributed by atoms with Crippen LogP contribution in [0.4, 0.5) is 11.6 Å². The summed E-state index contributed by atoms with van der Waals surface area (Å²) in [6, 6.07) is 5.76. The molecule has 0 amide bonds. The molecule has 1 fully saturated rings. The summed E-state index contributed by atoms with van der Waals surface area (Å²) in [7, 11) is 0. The molecule has 1 saturated carbocycles. The van der Waals surface area contributed by atoms with Gasteiger partial charge in [0, 0.05) is 12.2 Å². The largest absolute Gasteiger partial charge is 0.399 e. The molecule has 1 aliphatic carbocycles. The molecule has 4 nitrogen and oxygen atoms in total. The summed E-state index contributed by atoms with van der Waals surface area (Å²) in [6.07, 6.45) is 6.85. The van der Waals surface area contributed by atoms with Gasteiger partial charge in [-0.1, -0.05) is 19.3 Å². The molecule has 18 heavy (non-hydrogen) atoms. The third kappa shape index (κ3) is 2.42. The summed E-state index contributed by atoms with van der Waals surface area (Å²) in [5.74, 6) is 1.67. The molecular formula is C14H20N4. The highest BCUT2D eigenvalue weighted by atomic mass is 15.1. The van der Waals surface area contributed by atoms with Crippen molar-refractivity contribution in [2.45, 2.75) is 32.1 Å². The van der Waals surface area contributed by atoms with Gasteiger partial charge in [-0.2, -0.15) is 0 Å². The number of nitrogens with zero attached hydrogens (tertiary/aromatic N) is 1. The van der Waals surface area contributed by atoms with Crippen LogP contribution in [0.2, 0.25) is 0 Å². The van der Waals surface area contributed by atoms with Crippen LogP contribution in [0, 0.1) is 5.92 Å². The van der Waals surface area contributed by atoms with Crippen molar-refractivity contribution < 1.29 is 0 Å². The second kappa shape index (κ2) is 4.88. The van der Waals surface area contributed by atoms with Gasteiger partial charge in [0.15, 0.2) is 0 Å². The molecule has 0 saturated heterocycles. The third-order valence-electron chi connectivity index (χ3n) is 3.79. The van der Waals surface area contributed by atoms with E-state index in [0.717, 1.165) is 35.1 Å². The van der Waals surface area contributed by atoms with Gasteiger partial charge in [0.25, 0.3) is 0 Å². The second-order valence-corrected chi connectivity index (χ2v) is 5.25. The Balaban J connectivity index is 1.67. The molecule has 1 aliphatic rings. The van der Waals surface area contributed by atoms with Gasteiger partial charge in [0.1, 0.15) is 0 Å². The lowest BCUT2D eigenvalue weighted by molar-refractivity contribution is 0.373. The highest BCUT2D eigenvalue weighted by molar-refractivity contribution is 5.80. The number of benzene rings is 1. The average molecular weight is 244 g/mol. The number of fused-ring (bicyclic) bond motifs is 1. The molecule has 0 bridgehead atoms. The van der Waals surface area contributed by atoms with Gasteiger partial charge in [-0.3, -0.25) is 0 Å². The van der Waals surface area contributed by atoms with Gasteiger partial charge in [-0.15, -0.1) is 0 Å². The molecule has 1 heterocycles. The first-order chi connectivity index (χ1) is 8.81. The minimum absolute atomic E-state index is 0.769. The molecule has 0 spiro atoms. The van der Waals surface area contributed by atoms with Crippen LogP contribution < -0.4 is 11.1 Å². The van der Waals surface area contributed by atoms with E-state index in [2.05, 4.69) is 15.3 Å². The summed E-state index contributed by atoms with van der Waals surface area (Å²) in [6.45, 7) is 1.02. The van der Waals surface area contributed by atoms with Gasteiger partial charge in [-0.05, 0) is 37.0 Å². The summed E-state index contributed by atoms with van der Waals surface area (Å²) < 4.78 is 0. The quantitative estimate of drug-likeness (QED) is 0.727. The lowest BCUT2D eigenvalue weighted by Gasteiger charge is -2.21. The molecule has 1 aromatic carbocycles. The lowest BCUT2D eigenvalue weighted by atomic mass is 9.89. The number of anilines is 2. The Kier molecular flexibility index (Phi) is 3.09. The van der Waals surface area contributed by atoms with Gasteiger partial charge in [0.2, 0.25) is 5.95 Å². The number of rotatable bonds is 3. The number of nitrogens with two attached hydrogens (primary N) is 1. The van der Waals surface area contributed by atoms with Crippen molar-refractivity contribution in [3.8, 4) is 0 Å². The number of aromatic amines is 1. The first-order valence-corrected chi connectivity index (χ1v) is 6.80. The summed E-state index contributed by atoms with van der Waals surface area (Å²) in [4.78, 5) is 7.79. The van der Waals surface area contributed by atoms with Crippen LogP contribution in [-0.4, -0.2) is 16.5 Å². The summed E-state index contributed by atoms with van der Waals surface area (Å²) >= 11 is 0. The maximum Gasteiger partial charge on any atom is 0.201 e. The molecule has 3 rings (SSSR count). The van der Waals surface area contributed by atoms with E-state index in [1.807, 2.05) is 18.2 Å². The SMILES string of the molecule is Nc1ccc2nc(NCC3CCCCC3)[nH]c2c1. The highest BCUT2D eigenvalue weighted by Crippen LogP contribution is 2.24. The molecular weight excluding hydrogens is 224 g/mol. The van der Waals surface area contributed by atoms with Crippen LogP contribution in [0.5, 0.6) is 0 Å². The van der Waals surface area contributed by atoms with Gasteiger partial charge in [-0.25, -0.2) is 4.98 Å². The topological polar surface area (TPSA) is 66.7 Å². The van der Waals surface area contributed by atoms with Crippen molar-refractivity contribution in [3.63, 3.8) is 0 Å². The predicted octanol–water partition coefficient (Wildman–Crippen LogP) is 3.14. The van der Waals surface area contributed by atoms with Crippen molar-refractivity contribution in [3.05, 3.63) is 18.2 Å². The van der Waals surface area contributed by atoms with E-state index in [9.17, 15) is 0 Å². The lowest BCUT2D eigenvalue weighted by Crippen LogP contribution is -2.17. The maximum atomic E-state index is 5.76. The Bertz CT molecular complexity index is 526. The van der Waals surface area contributed by atoms with Crippen LogP contribution in [0.1, 0.15) is 32.1 Å².